The maximum absolute atomic E-state index is 10.4. The maximum atomic E-state index is 10.4. The van der Waals surface area contributed by atoms with E-state index in [-0.39, 0.29) is 6.61 Å². The predicted octanol–water partition coefficient (Wildman–Crippen LogP) is 0.400. The molecule has 6 heteroatoms. The van der Waals surface area contributed by atoms with E-state index in [0.717, 1.165) is 0 Å². The van der Waals surface area contributed by atoms with E-state index in [4.69, 9.17) is 18.9 Å². The minimum absolute atomic E-state index is 0.245. The van der Waals surface area contributed by atoms with E-state index in [0.29, 0.717) is 0 Å². The van der Waals surface area contributed by atoms with Crippen molar-refractivity contribution in [3.05, 3.63) is 0 Å². The number of aliphatic hydroxyl groups is 2. The highest BCUT2D eigenvalue weighted by molar-refractivity contribution is 4.95. The number of aliphatic hydroxyl groups excluding tert-OH is 2. The fourth-order valence-electron chi connectivity index (χ4n) is 2.45. The van der Waals surface area contributed by atoms with Crippen molar-refractivity contribution in [2.75, 3.05) is 6.61 Å². The van der Waals surface area contributed by atoms with Gasteiger partial charge in [-0.2, -0.15) is 0 Å². The van der Waals surface area contributed by atoms with Crippen molar-refractivity contribution in [1.82, 2.24) is 0 Å². The van der Waals surface area contributed by atoms with Crippen LogP contribution in [0, 0.1) is 0 Å². The van der Waals surface area contributed by atoms with Crippen LogP contribution in [-0.2, 0) is 18.9 Å². The first-order chi connectivity index (χ1) is 8.63. The highest BCUT2D eigenvalue weighted by Crippen LogP contribution is 2.37. The van der Waals surface area contributed by atoms with E-state index >= 15 is 0 Å². The molecule has 0 spiro atoms. The van der Waals surface area contributed by atoms with Crippen molar-refractivity contribution in [2.45, 2.75) is 76.7 Å². The highest BCUT2D eigenvalue weighted by atomic mass is 16.8. The molecule has 2 aliphatic heterocycles. The van der Waals surface area contributed by atoms with Gasteiger partial charge >= 0.3 is 0 Å². The van der Waals surface area contributed by atoms with Crippen LogP contribution in [0.4, 0.5) is 0 Å². The summed E-state index contributed by atoms with van der Waals surface area (Å²) in [6.45, 7) is 8.93. The normalized spacial score (nSPS) is 42.2. The topological polar surface area (TPSA) is 77.4 Å². The van der Waals surface area contributed by atoms with Crippen LogP contribution < -0.4 is 0 Å². The van der Waals surface area contributed by atoms with E-state index in [1.54, 1.807) is 13.8 Å². The van der Waals surface area contributed by atoms with E-state index < -0.39 is 42.1 Å². The number of fused-ring (bicyclic) bond motifs is 1. The first-order valence-electron chi connectivity index (χ1n) is 6.61. The first kappa shape index (κ1) is 15.2. The molecule has 19 heavy (non-hydrogen) atoms. The summed E-state index contributed by atoms with van der Waals surface area (Å²) < 4.78 is 22.6. The number of hydrogen-bond donors (Lipinski definition) is 2. The van der Waals surface area contributed by atoms with Crippen molar-refractivity contribution in [1.29, 1.82) is 0 Å². The first-order valence-corrected chi connectivity index (χ1v) is 6.61. The van der Waals surface area contributed by atoms with E-state index in [9.17, 15) is 10.2 Å². The van der Waals surface area contributed by atoms with Gasteiger partial charge in [0.15, 0.2) is 12.1 Å². The second-order valence-electron chi connectivity index (χ2n) is 6.51. The molecule has 0 radical (unpaired) electrons. The fourth-order valence-corrected chi connectivity index (χ4v) is 2.45. The van der Waals surface area contributed by atoms with Gasteiger partial charge in [-0.05, 0) is 34.6 Å². The van der Waals surface area contributed by atoms with Gasteiger partial charge < -0.3 is 29.2 Å². The van der Waals surface area contributed by atoms with Crippen molar-refractivity contribution < 1.29 is 29.2 Å². The third-order valence-corrected chi connectivity index (χ3v) is 3.11. The summed E-state index contributed by atoms with van der Waals surface area (Å²) in [5.74, 6) is -0.813. The Kier molecular flexibility index (Phi) is 3.94. The lowest BCUT2D eigenvalue weighted by Gasteiger charge is -2.42. The Morgan fingerprint density at radius 1 is 1.21 bits per heavy atom. The summed E-state index contributed by atoms with van der Waals surface area (Å²) >= 11 is 0. The second kappa shape index (κ2) is 4.95. The molecule has 5 unspecified atom stereocenters. The molecule has 0 aliphatic carbocycles. The van der Waals surface area contributed by atoms with Crippen LogP contribution in [0.3, 0.4) is 0 Å². The lowest BCUT2D eigenvalue weighted by atomic mass is 9.98. The SMILES string of the molecule is CC(C)(C)OC1C(CO)OC2OC(C)(C)OC2C1O. The second-order valence-corrected chi connectivity index (χ2v) is 6.51. The van der Waals surface area contributed by atoms with Crippen LogP contribution in [-0.4, -0.2) is 58.9 Å². The molecular formula is C13H24O6. The number of hydrogen-bond acceptors (Lipinski definition) is 6. The molecule has 2 N–H and O–H groups in total. The summed E-state index contributed by atoms with van der Waals surface area (Å²) in [4.78, 5) is 0. The third-order valence-electron chi connectivity index (χ3n) is 3.11. The van der Waals surface area contributed by atoms with Gasteiger partial charge in [-0.3, -0.25) is 0 Å². The quantitative estimate of drug-likeness (QED) is 0.760. The van der Waals surface area contributed by atoms with Crippen LogP contribution in [0.1, 0.15) is 34.6 Å². The largest absolute Gasteiger partial charge is 0.394 e. The van der Waals surface area contributed by atoms with Gasteiger partial charge in [0.05, 0.1) is 12.2 Å². The Hall–Kier alpha value is -0.240. The zero-order valence-corrected chi connectivity index (χ0v) is 12.1. The summed E-state index contributed by atoms with van der Waals surface area (Å²) in [7, 11) is 0. The van der Waals surface area contributed by atoms with Crippen LogP contribution in [0.15, 0.2) is 0 Å². The van der Waals surface area contributed by atoms with Gasteiger partial charge in [0.1, 0.15) is 24.4 Å². The lowest BCUT2D eigenvalue weighted by Crippen LogP contribution is -2.59. The number of rotatable bonds is 2. The zero-order valence-electron chi connectivity index (χ0n) is 12.1. The molecule has 2 aliphatic rings. The van der Waals surface area contributed by atoms with Gasteiger partial charge in [0.2, 0.25) is 0 Å². The van der Waals surface area contributed by atoms with Crippen molar-refractivity contribution >= 4 is 0 Å². The summed E-state index contributed by atoms with van der Waals surface area (Å²) in [6, 6.07) is 0. The van der Waals surface area contributed by atoms with Crippen molar-refractivity contribution in [3.63, 3.8) is 0 Å². The molecule has 2 rings (SSSR count). The van der Waals surface area contributed by atoms with Crippen LogP contribution in [0.5, 0.6) is 0 Å². The molecular weight excluding hydrogens is 252 g/mol. The predicted molar refractivity (Wildman–Crippen MR) is 66.4 cm³/mol. The zero-order chi connectivity index (χ0) is 14.4. The smallest absolute Gasteiger partial charge is 0.190 e. The van der Waals surface area contributed by atoms with Gasteiger partial charge in [-0.1, -0.05) is 0 Å². The Morgan fingerprint density at radius 2 is 1.84 bits per heavy atom. The molecule has 112 valence electrons. The maximum Gasteiger partial charge on any atom is 0.190 e. The Balaban J connectivity index is 2.16. The highest BCUT2D eigenvalue weighted by Gasteiger charge is 2.55. The van der Waals surface area contributed by atoms with Gasteiger partial charge in [0.25, 0.3) is 0 Å². The lowest BCUT2D eigenvalue weighted by molar-refractivity contribution is -0.279. The average Bonchev–Trinajstić information content (AvgIpc) is 2.55. The molecule has 0 aromatic carbocycles. The third kappa shape index (κ3) is 3.26. The Bertz CT molecular complexity index is 324. The summed E-state index contributed by atoms with van der Waals surface area (Å²) in [6.07, 6.45) is -3.47. The van der Waals surface area contributed by atoms with E-state index in [1.807, 2.05) is 20.8 Å². The monoisotopic (exact) mass is 276 g/mol. The van der Waals surface area contributed by atoms with Gasteiger partial charge in [-0.25, -0.2) is 0 Å². The molecule has 0 aromatic heterocycles. The Morgan fingerprint density at radius 3 is 2.37 bits per heavy atom. The van der Waals surface area contributed by atoms with Gasteiger partial charge in [-0.15, -0.1) is 0 Å². The van der Waals surface area contributed by atoms with Gasteiger partial charge in [0, 0.05) is 0 Å². The summed E-state index contributed by atoms with van der Waals surface area (Å²) in [5, 5.41) is 19.8. The molecule has 5 atom stereocenters. The fraction of sp³-hybridized carbons (Fsp3) is 1.00. The number of ether oxygens (including phenoxy) is 4. The molecule has 2 fully saturated rings. The van der Waals surface area contributed by atoms with Crippen LogP contribution >= 0.6 is 0 Å². The van der Waals surface area contributed by atoms with Crippen molar-refractivity contribution in [3.8, 4) is 0 Å². The van der Waals surface area contributed by atoms with E-state index in [1.165, 1.54) is 0 Å². The summed E-state index contributed by atoms with van der Waals surface area (Å²) in [5.41, 5.74) is -0.454. The standard InChI is InChI=1S/C13H24O6/c1-12(2,3)17-9-7(6-14)16-11-10(8(9)15)18-13(4,5)19-11/h7-11,14-15H,6H2,1-5H3. The van der Waals surface area contributed by atoms with E-state index in [2.05, 4.69) is 0 Å². The molecule has 0 amide bonds. The van der Waals surface area contributed by atoms with Crippen molar-refractivity contribution in [2.24, 2.45) is 0 Å². The van der Waals surface area contributed by atoms with Crippen LogP contribution in [0.25, 0.3) is 0 Å². The minimum Gasteiger partial charge on any atom is -0.394 e. The molecule has 2 saturated heterocycles. The molecule has 6 nitrogen and oxygen atoms in total. The minimum atomic E-state index is -0.906. The molecule has 2 heterocycles. The van der Waals surface area contributed by atoms with Crippen LogP contribution in [0.2, 0.25) is 0 Å². The average molecular weight is 276 g/mol. The molecule has 0 bridgehead atoms. The molecule has 0 aromatic rings. The Labute approximate surface area is 113 Å². The molecule has 0 saturated carbocycles.